The second kappa shape index (κ2) is 9.21. The average molecular weight is 516 g/mol. The summed E-state index contributed by atoms with van der Waals surface area (Å²) in [6, 6.07) is 17.4. The number of rotatable bonds is 4. The van der Waals surface area contributed by atoms with Crippen LogP contribution in [-0.4, -0.2) is 17.9 Å². The van der Waals surface area contributed by atoms with Gasteiger partial charge in [-0.1, -0.05) is 36.4 Å². The highest BCUT2D eigenvalue weighted by Gasteiger charge is 2.41. The average Bonchev–Trinajstić information content (AvgIpc) is 2.86. The zero-order chi connectivity index (χ0) is 27.2. The molecular formula is C28H22F6N2O. The van der Waals surface area contributed by atoms with E-state index in [0.29, 0.717) is 28.9 Å². The van der Waals surface area contributed by atoms with Crippen LogP contribution >= 0.6 is 0 Å². The Labute approximate surface area is 209 Å². The lowest BCUT2D eigenvalue weighted by atomic mass is 9.81. The van der Waals surface area contributed by atoms with Gasteiger partial charge in [0, 0.05) is 24.2 Å². The SMILES string of the molecule is CN(C(=O)C(C)(C)c1cc(C(F)(F)F)cc(C(F)(F)F)c1)c1ccc2ncccc2c1-c1ccccc1. The third kappa shape index (κ3) is 5.03. The van der Waals surface area contributed by atoms with Crippen LogP contribution in [0.15, 0.2) is 79.0 Å². The Morgan fingerprint density at radius 2 is 1.32 bits per heavy atom. The maximum absolute atomic E-state index is 13.8. The van der Waals surface area contributed by atoms with Crippen molar-refractivity contribution in [1.29, 1.82) is 0 Å². The molecule has 3 aromatic carbocycles. The molecule has 1 amide bonds. The summed E-state index contributed by atoms with van der Waals surface area (Å²) in [6.45, 7) is 2.62. The van der Waals surface area contributed by atoms with Gasteiger partial charge in [0.2, 0.25) is 5.91 Å². The van der Waals surface area contributed by atoms with Gasteiger partial charge in [0.1, 0.15) is 0 Å². The molecule has 0 aliphatic rings. The van der Waals surface area contributed by atoms with Crippen molar-refractivity contribution in [3.05, 3.63) is 95.7 Å². The number of pyridine rings is 1. The second-order valence-corrected chi connectivity index (χ2v) is 9.18. The number of hydrogen-bond donors (Lipinski definition) is 0. The van der Waals surface area contributed by atoms with Gasteiger partial charge in [-0.05, 0) is 61.4 Å². The van der Waals surface area contributed by atoms with Crippen molar-refractivity contribution in [2.75, 3.05) is 11.9 Å². The lowest BCUT2D eigenvalue weighted by Gasteiger charge is -2.32. The summed E-state index contributed by atoms with van der Waals surface area (Å²) in [6.07, 6.45) is -8.42. The molecule has 3 nitrogen and oxygen atoms in total. The Morgan fingerprint density at radius 1 is 0.757 bits per heavy atom. The number of nitrogens with zero attached hydrogens (tertiary/aromatic N) is 2. The molecule has 0 aliphatic heterocycles. The second-order valence-electron chi connectivity index (χ2n) is 9.18. The maximum atomic E-state index is 13.8. The molecule has 1 aromatic heterocycles. The molecule has 9 heteroatoms. The molecule has 192 valence electrons. The van der Waals surface area contributed by atoms with Crippen LogP contribution in [0.3, 0.4) is 0 Å². The van der Waals surface area contributed by atoms with Crippen molar-refractivity contribution in [1.82, 2.24) is 4.98 Å². The number of halogens is 6. The lowest BCUT2D eigenvalue weighted by molar-refractivity contribution is -0.143. The number of amides is 1. The summed E-state index contributed by atoms with van der Waals surface area (Å²) in [5, 5.41) is 0.738. The highest BCUT2D eigenvalue weighted by atomic mass is 19.4. The Morgan fingerprint density at radius 3 is 1.89 bits per heavy atom. The molecule has 0 radical (unpaired) electrons. The number of benzene rings is 3. The number of carbonyl (C=O) groups excluding carboxylic acids is 1. The monoisotopic (exact) mass is 516 g/mol. The van der Waals surface area contributed by atoms with Gasteiger partial charge in [-0.15, -0.1) is 0 Å². The van der Waals surface area contributed by atoms with Crippen molar-refractivity contribution in [2.24, 2.45) is 0 Å². The molecule has 0 atom stereocenters. The Bertz CT molecular complexity index is 1430. The van der Waals surface area contributed by atoms with Crippen molar-refractivity contribution in [2.45, 2.75) is 31.6 Å². The van der Waals surface area contributed by atoms with E-state index < -0.39 is 40.4 Å². The van der Waals surface area contributed by atoms with Gasteiger partial charge >= 0.3 is 12.4 Å². The van der Waals surface area contributed by atoms with Crippen LogP contribution < -0.4 is 4.90 Å². The minimum atomic E-state index is -5.02. The topological polar surface area (TPSA) is 33.2 Å². The summed E-state index contributed by atoms with van der Waals surface area (Å²) in [5.74, 6) is -0.680. The van der Waals surface area contributed by atoms with Gasteiger partial charge in [-0.2, -0.15) is 26.3 Å². The first kappa shape index (κ1) is 26.2. The quantitative estimate of drug-likeness (QED) is 0.259. The van der Waals surface area contributed by atoms with Crippen LogP contribution in [0.5, 0.6) is 0 Å². The molecule has 0 saturated carbocycles. The maximum Gasteiger partial charge on any atom is 0.416 e. The first-order valence-corrected chi connectivity index (χ1v) is 11.2. The van der Waals surface area contributed by atoms with Crippen LogP contribution in [-0.2, 0) is 22.6 Å². The number of likely N-dealkylation sites (N-methyl/N-ethyl adjacent to an activating group) is 1. The van der Waals surface area contributed by atoms with E-state index in [4.69, 9.17) is 0 Å². The number of fused-ring (bicyclic) bond motifs is 1. The zero-order valence-electron chi connectivity index (χ0n) is 20.1. The van der Waals surface area contributed by atoms with Gasteiger partial charge in [-0.25, -0.2) is 0 Å². The molecule has 1 heterocycles. The van der Waals surface area contributed by atoms with E-state index in [1.54, 1.807) is 24.4 Å². The fourth-order valence-electron chi connectivity index (χ4n) is 4.30. The standard InChI is InChI=1S/C28H22F6N2O/c1-26(2,18-14-19(27(29,30)31)16-20(15-18)28(32,33)34)25(37)36(3)23-12-11-22-21(10-7-13-35-22)24(23)17-8-5-4-6-9-17/h4-16H,1-3H3. The number of hydrogen-bond acceptors (Lipinski definition) is 2. The number of alkyl halides is 6. The third-order valence-electron chi connectivity index (χ3n) is 6.34. The number of aromatic nitrogens is 1. The molecule has 0 N–H and O–H groups in total. The summed E-state index contributed by atoms with van der Waals surface area (Å²) in [4.78, 5) is 19.4. The smallest absolute Gasteiger partial charge is 0.314 e. The van der Waals surface area contributed by atoms with Crippen LogP contribution in [0.1, 0.15) is 30.5 Å². The predicted octanol–water partition coefficient (Wildman–Crippen LogP) is 7.88. The van der Waals surface area contributed by atoms with Gasteiger partial charge in [0.15, 0.2) is 0 Å². The fraction of sp³-hybridized carbons (Fsp3) is 0.214. The van der Waals surface area contributed by atoms with E-state index in [1.807, 2.05) is 36.4 Å². The van der Waals surface area contributed by atoms with Gasteiger partial charge in [0.25, 0.3) is 0 Å². The minimum Gasteiger partial charge on any atom is -0.314 e. The van der Waals surface area contributed by atoms with Crippen molar-refractivity contribution in [3.63, 3.8) is 0 Å². The van der Waals surface area contributed by atoms with Gasteiger partial charge in [0.05, 0.1) is 27.7 Å². The summed E-state index contributed by atoms with van der Waals surface area (Å²) in [5.41, 5.74) is -2.52. The first-order chi connectivity index (χ1) is 17.2. The first-order valence-electron chi connectivity index (χ1n) is 11.2. The van der Waals surface area contributed by atoms with Crippen molar-refractivity contribution >= 4 is 22.5 Å². The molecule has 0 spiro atoms. The van der Waals surface area contributed by atoms with Crippen LogP contribution in [0, 0.1) is 0 Å². The summed E-state index contributed by atoms with van der Waals surface area (Å²) < 4.78 is 80.8. The Hall–Kier alpha value is -3.88. The highest BCUT2D eigenvalue weighted by molar-refractivity contribution is 6.08. The van der Waals surface area contributed by atoms with E-state index >= 15 is 0 Å². The molecule has 0 fully saturated rings. The van der Waals surface area contributed by atoms with Crippen molar-refractivity contribution in [3.8, 4) is 11.1 Å². The Kier molecular flexibility index (Phi) is 6.52. The van der Waals surface area contributed by atoms with E-state index in [1.165, 1.54) is 25.8 Å². The molecule has 4 rings (SSSR count). The van der Waals surface area contributed by atoms with Gasteiger partial charge < -0.3 is 4.90 Å². The number of carbonyl (C=O) groups is 1. The number of anilines is 1. The van der Waals surface area contributed by atoms with E-state index in [-0.39, 0.29) is 6.07 Å². The summed E-state index contributed by atoms with van der Waals surface area (Å²) >= 11 is 0. The van der Waals surface area contributed by atoms with E-state index in [0.717, 1.165) is 10.9 Å². The van der Waals surface area contributed by atoms with Crippen LogP contribution in [0.2, 0.25) is 0 Å². The van der Waals surface area contributed by atoms with Crippen LogP contribution in [0.25, 0.3) is 22.0 Å². The Balaban J connectivity index is 1.86. The largest absolute Gasteiger partial charge is 0.416 e. The predicted molar refractivity (Wildman–Crippen MR) is 130 cm³/mol. The summed E-state index contributed by atoms with van der Waals surface area (Å²) in [7, 11) is 1.45. The van der Waals surface area contributed by atoms with Crippen molar-refractivity contribution < 1.29 is 31.1 Å². The zero-order valence-corrected chi connectivity index (χ0v) is 20.1. The molecule has 0 bridgehead atoms. The lowest BCUT2D eigenvalue weighted by Crippen LogP contribution is -2.42. The van der Waals surface area contributed by atoms with Crippen LogP contribution in [0.4, 0.5) is 32.0 Å². The molecule has 4 aromatic rings. The van der Waals surface area contributed by atoms with Gasteiger partial charge in [-0.3, -0.25) is 9.78 Å². The molecular weight excluding hydrogens is 494 g/mol. The molecule has 0 unspecified atom stereocenters. The normalized spacial score (nSPS) is 12.6. The molecule has 0 aliphatic carbocycles. The van der Waals surface area contributed by atoms with E-state index in [9.17, 15) is 31.1 Å². The third-order valence-corrected chi connectivity index (χ3v) is 6.34. The fourth-order valence-corrected chi connectivity index (χ4v) is 4.30. The molecule has 37 heavy (non-hydrogen) atoms. The van der Waals surface area contributed by atoms with E-state index in [2.05, 4.69) is 4.98 Å². The molecule has 0 saturated heterocycles. The highest BCUT2D eigenvalue weighted by Crippen LogP contribution is 2.41. The minimum absolute atomic E-state index is 0.0532.